The van der Waals surface area contributed by atoms with Crippen LogP contribution in [0.15, 0.2) is 12.3 Å². The molecule has 0 aliphatic rings. The van der Waals surface area contributed by atoms with E-state index in [1.54, 1.807) is 17.9 Å². The summed E-state index contributed by atoms with van der Waals surface area (Å²) in [7, 11) is 1.67. The van der Waals surface area contributed by atoms with Gasteiger partial charge in [-0.3, -0.25) is 4.68 Å². The molecule has 1 rings (SSSR count). The normalized spacial score (nSPS) is 13.3. The van der Waals surface area contributed by atoms with Gasteiger partial charge < -0.3 is 10.5 Å². The molecular weight excluding hydrogens is 142 g/mol. The van der Waals surface area contributed by atoms with E-state index >= 15 is 0 Å². The highest BCUT2D eigenvalue weighted by molar-refractivity contribution is 5.23. The first-order chi connectivity index (χ1) is 5.24. The molecular formula is C7H13N3O. The summed E-state index contributed by atoms with van der Waals surface area (Å²) < 4.78 is 6.76. The number of anilines is 1. The summed E-state index contributed by atoms with van der Waals surface area (Å²) in [6.45, 7) is 2.68. The van der Waals surface area contributed by atoms with Crippen LogP contribution >= 0.6 is 0 Å². The van der Waals surface area contributed by atoms with Crippen LogP contribution in [0.5, 0.6) is 0 Å². The van der Waals surface area contributed by atoms with E-state index in [-0.39, 0.29) is 6.04 Å². The average Bonchev–Trinajstić information content (AvgIpc) is 2.36. The molecule has 0 saturated carbocycles. The van der Waals surface area contributed by atoms with Crippen LogP contribution in [0, 0.1) is 0 Å². The average molecular weight is 155 g/mol. The Kier molecular flexibility index (Phi) is 2.48. The van der Waals surface area contributed by atoms with E-state index in [0.717, 1.165) is 0 Å². The topological polar surface area (TPSA) is 53.1 Å². The van der Waals surface area contributed by atoms with Crippen molar-refractivity contribution >= 4 is 5.82 Å². The summed E-state index contributed by atoms with van der Waals surface area (Å²) in [5.41, 5.74) is 5.44. The standard InChI is InChI=1S/C7H13N3O/c1-6(5-11-2)10-4-3-7(8)9-10/h3-4,6H,5H2,1-2H3,(H2,8,9)/t6-/m0/s1. The van der Waals surface area contributed by atoms with Crippen molar-refractivity contribution in [3.05, 3.63) is 12.3 Å². The zero-order chi connectivity index (χ0) is 8.27. The Bertz CT molecular complexity index is 221. The molecule has 1 aromatic heterocycles. The van der Waals surface area contributed by atoms with Gasteiger partial charge in [-0.25, -0.2) is 0 Å². The largest absolute Gasteiger partial charge is 0.382 e. The van der Waals surface area contributed by atoms with Gasteiger partial charge in [0.05, 0.1) is 12.6 Å². The first-order valence-electron chi connectivity index (χ1n) is 3.53. The predicted molar refractivity (Wildman–Crippen MR) is 43.2 cm³/mol. The van der Waals surface area contributed by atoms with Gasteiger partial charge in [-0.1, -0.05) is 0 Å². The van der Waals surface area contributed by atoms with Gasteiger partial charge in [0.2, 0.25) is 0 Å². The molecule has 1 atom stereocenters. The second-order valence-electron chi connectivity index (χ2n) is 2.52. The number of hydrogen-bond donors (Lipinski definition) is 1. The zero-order valence-electron chi connectivity index (χ0n) is 6.82. The minimum absolute atomic E-state index is 0.247. The maximum absolute atomic E-state index is 5.44. The number of nitrogens with two attached hydrogens (primary N) is 1. The highest BCUT2D eigenvalue weighted by Crippen LogP contribution is 2.05. The second-order valence-corrected chi connectivity index (χ2v) is 2.52. The van der Waals surface area contributed by atoms with Crippen LogP contribution in [-0.4, -0.2) is 23.5 Å². The summed E-state index contributed by atoms with van der Waals surface area (Å²) >= 11 is 0. The van der Waals surface area contributed by atoms with Gasteiger partial charge in [0.15, 0.2) is 0 Å². The fourth-order valence-electron chi connectivity index (χ4n) is 0.916. The molecule has 4 heteroatoms. The third-order valence-corrected chi connectivity index (χ3v) is 1.49. The molecule has 1 aromatic rings. The molecule has 4 nitrogen and oxygen atoms in total. The smallest absolute Gasteiger partial charge is 0.145 e. The van der Waals surface area contributed by atoms with E-state index in [2.05, 4.69) is 5.10 Å². The minimum atomic E-state index is 0.247. The third kappa shape index (κ3) is 1.94. The van der Waals surface area contributed by atoms with E-state index in [9.17, 15) is 0 Å². The fraction of sp³-hybridized carbons (Fsp3) is 0.571. The fourth-order valence-corrected chi connectivity index (χ4v) is 0.916. The number of ether oxygens (including phenoxy) is 1. The van der Waals surface area contributed by atoms with Crippen molar-refractivity contribution < 1.29 is 4.74 Å². The lowest BCUT2D eigenvalue weighted by atomic mass is 10.4. The maximum Gasteiger partial charge on any atom is 0.145 e. The first-order valence-corrected chi connectivity index (χ1v) is 3.53. The number of nitrogen functional groups attached to an aromatic ring is 1. The highest BCUT2D eigenvalue weighted by atomic mass is 16.5. The SMILES string of the molecule is COC[C@H](C)n1ccc(N)n1. The Balaban J connectivity index is 2.60. The number of hydrogen-bond acceptors (Lipinski definition) is 3. The van der Waals surface area contributed by atoms with E-state index in [0.29, 0.717) is 12.4 Å². The molecule has 0 fully saturated rings. The van der Waals surface area contributed by atoms with Crippen molar-refractivity contribution in [3.63, 3.8) is 0 Å². The highest BCUT2D eigenvalue weighted by Gasteiger charge is 2.03. The quantitative estimate of drug-likeness (QED) is 0.698. The number of nitrogens with zero attached hydrogens (tertiary/aromatic N) is 2. The summed E-state index contributed by atoms with van der Waals surface area (Å²) in [6, 6.07) is 2.02. The Morgan fingerprint density at radius 2 is 2.55 bits per heavy atom. The Morgan fingerprint density at radius 1 is 1.82 bits per heavy atom. The van der Waals surface area contributed by atoms with Gasteiger partial charge in [-0.2, -0.15) is 5.10 Å². The first kappa shape index (κ1) is 8.07. The van der Waals surface area contributed by atoms with Crippen LogP contribution in [0.1, 0.15) is 13.0 Å². The number of methoxy groups -OCH3 is 1. The van der Waals surface area contributed by atoms with Gasteiger partial charge >= 0.3 is 0 Å². The van der Waals surface area contributed by atoms with Crippen LogP contribution in [0.25, 0.3) is 0 Å². The summed E-state index contributed by atoms with van der Waals surface area (Å²) in [4.78, 5) is 0. The van der Waals surface area contributed by atoms with Gasteiger partial charge in [-0.05, 0) is 13.0 Å². The maximum atomic E-state index is 5.44. The molecule has 0 aromatic carbocycles. The van der Waals surface area contributed by atoms with Crippen molar-refractivity contribution in [2.45, 2.75) is 13.0 Å². The monoisotopic (exact) mass is 155 g/mol. The zero-order valence-corrected chi connectivity index (χ0v) is 6.82. The lowest BCUT2D eigenvalue weighted by Gasteiger charge is -2.09. The van der Waals surface area contributed by atoms with E-state index < -0.39 is 0 Å². The minimum Gasteiger partial charge on any atom is -0.382 e. The van der Waals surface area contributed by atoms with Gasteiger partial charge in [0.1, 0.15) is 5.82 Å². The molecule has 0 spiro atoms. The van der Waals surface area contributed by atoms with Gasteiger partial charge in [0.25, 0.3) is 0 Å². The molecule has 2 N–H and O–H groups in total. The lowest BCUT2D eigenvalue weighted by Crippen LogP contribution is -2.11. The predicted octanol–water partition coefficient (Wildman–Crippen LogP) is 0.673. The second kappa shape index (κ2) is 3.39. The molecule has 0 aliphatic heterocycles. The molecule has 0 aliphatic carbocycles. The van der Waals surface area contributed by atoms with Crippen LogP contribution < -0.4 is 5.73 Å². The molecule has 0 saturated heterocycles. The van der Waals surface area contributed by atoms with Crippen LogP contribution in [0.4, 0.5) is 5.82 Å². The van der Waals surface area contributed by atoms with E-state index in [1.807, 2.05) is 13.1 Å². The summed E-state index contributed by atoms with van der Waals surface area (Å²) in [5.74, 6) is 0.549. The Hall–Kier alpha value is -1.03. The molecule has 0 amide bonds. The molecule has 0 unspecified atom stereocenters. The van der Waals surface area contributed by atoms with Crippen molar-refractivity contribution in [1.82, 2.24) is 9.78 Å². The number of rotatable bonds is 3. The lowest BCUT2D eigenvalue weighted by molar-refractivity contribution is 0.157. The van der Waals surface area contributed by atoms with Crippen molar-refractivity contribution in [1.29, 1.82) is 0 Å². The van der Waals surface area contributed by atoms with Gasteiger partial charge in [-0.15, -0.1) is 0 Å². The van der Waals surface area contributed by atoms with Gasteiger partial charge in [0, 0.05) is 13.3 Å². The third-order valence-electron chi connectivity index (χ3n) is 1.49. The van der Waals surface area contributed by atoms with Crippen molar-refractivity contribution in [3.8, 4) is 0 Å². The summed E-state index contributed by atoms with van der Waals surface area (Å²) in [5, 5.41) is 4.04. The molecule has 1 heterocycles. The van der Waals surface area contributed by atoms with E-state index in [4.69, 9.17) is 10.5 Å². The molecule has 62 valence electrons. The van der Waals surface area contributed by atoms with Crippen molar-refractivity contribution in [2.75, 3.05) is 19.5 Å². The molecule has 0 bridgehead atoms. The van der Waals surface area contributed by atoms with Crippen LogP contribution in [0.2, 0.25) is 0 Å². The Morgan fingerprint density at radius 3 is 3.00 bits per heavy atom. The van der Waals surface area contributed by atoms with E-state index in [1.165, 1.54) is 0 Å². The van der Waals surface area contributed by atoms with Crippen LogP contribution in [-0.2, 0) is 4.74 Å². The summed E-state index contributed by atoms with van der Waals surface area (Å²) in [6.07, 6.45) is 1.85. The number of aromatic nitrogens is 2. The molecule has 0 radical (unpaired) electrons. The van der Waals surface area contributed by atoms with Crippen LogP contribution in [0.3, 0.4) is 0 Å². The Labute approximate surface area is 66.0 Å². The molecule has 11 heavy (non-hydrogen) atoms. The van der Waals surface area contributed by atoms with Crippen molar-refractivity contribution in [2.24, 2.45) is 0 Å².